The Bertz CT molecular complexity index is 705. The number of benzene rings is 1. The number of nitrogens with one attached hydrogen (secondary N) is 2. The number of amides is 1. The monoisotopic (exact) mass is 365 g/mol. The molecule has 21 heavy (non-hydrogen) atoms. The highest BCUT2D eigenvalue weighted by Gasteiger charge is 2.18. The average molecular weight is 367 g/mol. The number of anilines is 1. The maximum Gasteiger partial charge on any atom is 0.256 e. The Kier molecular flexibility index (Phi) is 4.24. The Labute approximate surface area is 136 Å². The van der Waals surface area contributed by atoms with Crippen molar-refractivity contribution in [1.82, 2.24) is 10.3 Å². The molecular weight excluding hydrogens is 354 g/mol. The van der Waals surface area contributed by atoms with Crippen LogP contribution in [0.5, 0.6) is 0 Å². The van der Waals surface area contributed by atoms with Crippen molar-refractivity contribution in [3.8, 4) is 0 Å². The van der Waals surface area contributed by atoms with Gasteiger partial charge in [-0.3, -0.25) is 4.79 Å². The van der Waals surface area contributed by atoms with Crippen LogP contribution in [0.15, 0.2) is 34.9 Å². The predicted molar refractivity (Wildman–Crippen MR) is 86.8 cm³/mol. The number of halogens is 2. The second-order valence-electron chi connectivity index (χ2n) is 4.82. The van der Waals surface area contributed by atoms with E-state index >= 15 is 0 Å². The highest BCUT2D eigenvalue weighted by Crippen LogP contribution is 2.25. The summed E-state index contributed by atoms with van der Waals surface area (Å²) in [6.45, 7) is 1.69. The van der Waals surface area contributed by atoms with E-state index in [0.29, 0.717) is 11.3 Å². The fourth-order valence-electron chi connectivity index (χ4n) is 2.44. The van der Waals surface area contributed by atoms with Crippen LogP contribution in [-0.2, 0) is 13.0 Å². The molecule has 0 atom stereocenters. The highest BCUT2D eigenvalue weighted by molar-refractivity contribution is 9.10. The minimum Gasteiger partial charge on any atom is -0.319 e. The van der Waals surface area contributed by atoms with Crippen LogP contribution >= 0.6 is 27.5 Å². The minimum absolute atomic E-state index is 0.157. The van der Waals surface area contributed by atoms with Crippen LogP contribution in [0.1, 0.15) is 21.5 Å². The van der Waals surface area contributed by atoms with Gasteiger partial charge in [0.1, 0.15) is 0 Å². The lowest BCUT2D eigenvalue weighted by atomic mass is 9.95. The third kappa shape index (κ3) is 3.10. The first-order chi connectivity index (χ1) is 10.1. The van der Waals surface area contributed by atoms with Gasteiger partial charge in [0.05, 0.1) is 5.69 Å². The van der Waals surface area contributed by atoms with E-state index in [1.54, 1.807) is 12.3 Å². The van der Waals surface area contributed by atoms with Crippen LogP contribution in [-0.4, -0.2) is 17.4 Å². The minimum atomic E-state index is -0.157. The lowest BCUT2D eigenvalue weighted by Gasteiger charge is -2.20. The SMILES string of the molecule is O=C(Nc1cc(Br)cnc1Cl)c1cccc2c1CCNC2. The summed E-state index contributed by atoms with van der Waals surface area (Å²) < 4.78 is 0.765. The predicted octanol–water partition coefficient (Wildman–Crippen LogP) is 3.40. The van der Waals surface area contributed by atoms with E-state index in [2.05, 4.69) is 31.5 Å². The smallest absolute Gasteiger partial charge is 0.256 e. The molecule has 2 heterocycles. The van der Waals surface area contributed by atoms with E-state index in [1.165, 1.54) is 5.56 Å². The summed E-state index contributed by atoms with van der Waals surface area (Å²) in [5.41, 5.74) is 3.48. The van der Waals surface area contributed by atoms with Gasteiger partial charge >= 0.3 is 0 Å². The van der Waals surface area contributed by atoms with Crippen molar-refractivity contribution in [1.29, 1.82) is 0 Å². The van der Waals surface area contributed by atoms with Crippen molar-refractivity contribution in [3.63, 3.8) is 0 Å². The van der Waals surface area contributed by atoms with E-state index in [0.717, 1.165) is 29.5 Å². The molecule has 1 aromatic carbocycles. The van der Waals surface area contributed by atoms with Gasteiger partial charge in [-0.15, -0.1) is 0 Å². The molecule has 0 saturated carbocycles. The van der Waals surface area contributed by atoms with Crippen molar-refractivity contribution in [2.24, 2.45) is 0 Å². The van der Waals surface area contributed by atoms with Gasteiger partial charge in [-0.2, -0.15) is 0 Å². The molecule has 0 spiro atoms. The number of carbonyl (C=O) groups excluding carboxylic acids is 1. The Hall–Kier alpha value is -1.43. The molecular formula is C15H13BrClN3O. The Balaban J connectivity index is 1.91. The number of hydrogen-bond donors (Lipinski definition) is 2. The molecule has 6 heteroatoms. The number of nitrogens with zero attached hydrogens (tertiary/aromatic N) is 1. The molecule has 1 amide bonds. The molecule has 4 nitrogen and oxygen atoms in total. The third-order valence-corrected chi connectivity index (χ3v) is 4.17. The maximum atomic E-state index is 12.5. The van der Waals surface area contributed by atoms with Crippen LogP contribution in [0.4, 0.5) is 5.69 Å². The van der Waals surface area contributed by atoms with Crippen molar-refractivity contribution < 1.29 is 4.79 Å². The Morgan fingerprint density at radius 2 is 2.29 bits per heavy atom. The van der Waals surface area contributed by atoms with E-state index in [4.69, 9.17) is 11.6 Å². The first-order valence-electron chi connectivity index (χ1n) is 6.59. The van der Waals surface area contributed by atoms with Gasteiger partial charge in [0, 0.05) is 22.8 Å². The van der Waals surface area contributed by atoms with Gasteiger partial charge in [-0.25, -0.2) is 4.98 Å². The van der Waals surface area contributed by atoms with E-state index < -0.39 is 0 Å². The summed E-state index contributed by atoms with van der Waals surface area (Å²) in [5.74, 6) is -0.157. The second-order valence-corrected chi connectivity index (χ2v) is 6.09. The van der Waals surface area contributed by atoms with Crippen molar-refractivity contribution in [3.05, 3.63) is 56.8 Å². The zero-order valence-corrected chi connectivity index (χ0v) is 13.5. The van der Waals surface area contributed by atoms with Crippen molar-refractivity contribution in [2.45, 2.75) is 13.0 Å². The Morgan fingerprint density at radius 1 is 1.43 bits per heavy atom. The van der Waals surface area contributed by atoms with Gasteiger partial charge in [0.15, 0.2) is 5.15 Å². The van der Waals surface area contributed by atoms with Gasteiger partial charge in [-0.05, 0) is 52.2 Å². The molecule has 3 rings (SSSR count). The van der Waals surface area contributed by atoms with Crippen LogP contribution < -0.4 is 10.6 Å². The summed E-state index contributed by atoms with van der Waals surface area (Å²) in [5, 5.41) is 6.41. The first kappa shape index (κ1) is 14.5. The number of rotatable bonds is 2. The zero-order chi connectivity index (χ0) is 14.8. The summed E-state index contributed by atoms with van der Waals surface area (Å²) in [6.07, 6.45) is 2.44. The fourth-order valence-corrected chi connectivity index (χ4v) is 2.93. The average Bonchev–Trinajstić information content (AvgIpc) is 2.50. The summed E-state index contributed by atoms with van der Waals surface area (Å²) >= 11 is 9.34. The standard InChI is InChI=1S/C15H13BrClN3O/c16-10-6-13(14(17)19-8-10)20-15(21)12-3-1-2-9-7-18-5-4-11(9)12/h1-3,6,8,18H,4-5,7H2,(H,20,21). The van der Waals surface area contributed by atoms with Crippen LogP contribution in [0.2, 0.25) is 5.15 Å². The number of aromatic nitrogens is 1. The molecule has 0 fully saturated rings. The quantitative estimate of drug-likeness (QED) is 0.801. The van der Waals surface area contributed by atoms with Crippen LogP contribution in [0.3, 0.4) is 0 Å². The van der Waals surface area contributed by atoms with E-state index in [-0.39, 0.29) is 11.1 Å². The van der Waals surface area contributed by atoms with Crippen molar-refractivity contribution >= 4 is 39.1 Å². The highest BCUT2D eigenvalue weighted by atomic mass is 79.9. The number of pyridine rings is 1. The lowest BCUT2D eigenvalue weighted by molar-refractivity contribution is 0.102. The van der Waals surface area contributed by atoms with Gasteiger partial charge in [-0.1, -0.05) is 23.7 Å². The molecule has 0 radical (unpaired) electrons. The topological polar surface area (TPSA) is 54.0 Å². The second kappa shape index (κ2) is 6.13. The number of carbonyl (C=O) groups is 1. The van der Waals surface area contributed by atoms with Gasteiger partial charge < -0.3 is 10.6 Å². The molecule has 1 aliphatic heterocycles. The van der Waals surface area contributed by atoms with Gasteiger partial charge in [0.2, 0.25) is 0 Å². The van der Waals surface area contributed by atoms with Crippen molar-refractivity contribution in [2.75, 3.05) is 11.9 Å². The summed E-state index contributed by atoms with van der Waals surface area (Å²) in [4.78, 5) is 16.5. The molecule has 0 bridgehead atoms. The van der Waals surface area contributed by atoms with Crippen LogP contribution in [0.25, 0.3) is 0 Å². The molecule has 1 aliphatic rings. The Morgan fingerprint density at radius 3 is 3.14 bits per heavy atom. The molecule has 2 aromatic rings. The van der Waals surface area contributed by atoms with E-state index in [9.17, 15) is 4.79 Å². The summed E-state index contributed by atoms with van der Waals surface area (Å²) in [7, 11) is 0. The molecule has 0 saturated heterocycles. The largest absolute Gasteiger partial charge is 0.319 e. The third-order valence-electron chi connectivity index (χ3n) is 3.44. The molecule has 108 valence electrons. The van der Waals surface area contributed by atoms with Crippen LogP contribution in [0, 0.1) is 0 Å². The fraction of sp³-hybridized carbons (Fsp3) is 0.200. The normalized spacial score (nSPS) is 13.6. The lowest BCUT2D eigenvalue weighted by Crippen LogP contribution is -2.26. The van der Waals surface area contributed by atoms with E-state index in [1.807, 2.05) is 18.2 Å². The molecule has 1 aromatic heterocycles. The molecule has 2 N–H and O–H groups in total. The number of hydrogen-bond acceptors (Lipinski definition) is 3. The first-order valence-corrected chi connectivity index (χ1v) is 7.76. The molecule has 0 unspecified atom stereocenters. The van der Waals surface area contributed by atoms with Gasteiger partial charge in [0.25, 0.3) is 5.91 Å². The molecule has 0 aliphatic carbocycles. The summed E-state index contributed by atoms with van der Waals surface area (Å²) in [6, 6.07) is 7.54. The maximum absolute atomic E-state index is 12.5. The number of fused-ring (bicyclic) bond motifs is 1. The zero-order valence-electron chi connectivity index (χ0n) is 11.1.